The maximum absolute atomic E-state index is 11.4. The summed E-state index contributed by atoms with van der Waals surface area (Å²) in [5.41, 5.74) is 0.742. The van der Waals surface area contributed by atoms with Gasteiger partial charge in [-0.2, -0.15) is 0 Å². The van der Waals surface area contributed by atoms with Gasteiger partial charge in [0, 0.05) is 25.3 Å². The normalized spacial score (nSPS) is 20.9. The number of nitrogens with zero attached hydrogens (tertiary/aromatic N) is 1. The number of esters is 1. The molecule has 1 rings (SSSR count). The Morgan fingerprint density at radius 3 is 2.88 bits per heavy atom. The molecule has 1 aliphatic heterocycles. The molecule has 0 aromatic heterocycles. The molecular formula is C13H23NO3. The number of ether oxygens (including phenoxy) is 2. The monoisotopic (exact) mass is 241 g/mol. The highest BCUT2D eigenvalue weighted by atomic mass is 16.5. The van der Waals surface area contributed by atoms with E-state index in [1.807, 2.05) is 20.0 Å². The molecule has 98 valence electrons. The topological polar surface area (TPSA) is 38.8 Å². The molecule has 1 atom stereocenters. The number of likely N-dealkylation sites (N-methyl/N-ethyl adjacent to an activating group) is 1. The van der Waals surface area contributed by atoms with Crippen LogP contribution in [-0.4, -0.2) is 50.8 Å². The van der Waals surface area contributed by atoms with E-state index < -0.39 is 0 Å². The Bertz CT molecular complexity index is 270. The van der Waals surface area contributed by atoms with Crippen molar-refractivity contribution in [3.8, 4) is 0 Å². The zero-order valence-corrected chi connectivity index (χ0v) is 11.1. The van der Waals surface area contributed by atoms with E-state index >= 15 is 0 Å². The number of hydrogen-bond acceptors (Lipinski definition) is 4. The molecule has 1 saturated heterocycles. The van der Waals surface area contributed by atoms with Gasteiger partial charge in [-0.25, -0.2) is 4.79 Å². The molecule has 17 heavy (non-hydrogen) atoms. The predicted molar refractivity (Wildman–Crippen MR) is 66.9 cm³/mol. The van der Waals surface area contributed by atoms with Crippen molar-refractivity contribution < 1.29 is 14.3 Å². The van der Waals surface area contributed by atoms with Crippen molar-refractivity contribution in [2.24, 2.45) is 0 Å². The summed E-state index contributed by atoms with van der Waals surface area (Å²) in [5, 5.41) is 0. The van der Waals surface area contributed by atoms with Gasteiger partial charge in [0.2, 0.25) is 0 Å². The molecule has 0 amide bonds. The lowest BCUT2D eigenvalue weighted by atomic mass is 10.2. The number of hydrogen-bond donors (Lipinski definition) is 0. The minimum absolute atomic E-state index is 0.224. The van der Waals surface area contributed by atoms with Gasteiger partial charge >= 0.3 is 5.97 Å². The molecule has 0 bridgehead atoms. The fourth-order valence-corrected chi connectivity index (χ4v) is 1.98. The third-order valence-corrected chi connectivity index (χ3v) is 3.02. The Morgan fingerprint density at radius 2 is 2.35 bits per heavy atom. The van der Waals surface area contributed by atoms with Crippen LogP contribution in [0.2, 0.25) is 0 Å². The van der Waals surface area contributed by atoms with Crippen LogP contribution in [-0.2, 0) is 14.3 Å². The van der Waals surface area contributed by atoms with E-state index in [0.29, 0.717) is 12.5 Å². The lowest BCUT2D eigenvalue weighted by molar-refractivity contribution is -0.136. The van der Waals surface area contributed by atoms with Crippen LogP contribution in [0.3, 0.4) is 0 Å². The van der Waals surface area contributed by atoms with Gasteiger partial charge in [0.15, 0.2) is 0 Å². The minimum atomic E-state index is -0.224. The average molecular weight is 241 g/mol. The third kappa shape index (κ3) is 4.88. The fourth-order valence-electron chi connectivity index (χ4n) is 1.98. The van der Waals surface area contributed by atoms with Crippen LogP contribution in [0.4, 0.5) is 0 Å². The first-order chi connectivity index (χ1) is 8.17. The summed E-state index contributed by atoms with van der Waals surface area (Å²) >= 11 is 0. The van der Waals surface area contributed by atoms with Gasteiger partial charge in [-0.05, 0) is 26.3 Å². The van der Waals surface area contributed by atoms with E-state index in [4.69, 9.17) is 9.47 Å². The second-order valence-electron chi connectivity index (χ2n) is 4.43. The zero-order chi connectivity index (χ0) is 12.7. The molecule has 0 aromatic carbocycles. The van der Waals surface area contributed by atoms with E-state index in [9.17, 15) is 4.79 Å². The van der Waals surface area contributed by atoms with Gasteiger partial charge < -0.3 is 14.4 Å². The first kappa shape index (κ1) is 14.2. The first-order valence-electron chi connectivity index (χ1n) is 6.24. The lowest BCUT2D eigenvalue weighted by Crippen LogP contribution is -2.29. The molecule has 0 aliphatic carbocycles. The standard InChI is InChI=1S/C13H23NO3/c1-4-11(13(15)16-3)7-8-14(2)10-12-6-5-9-17-12/h7,12H,4-6,8-10H2,1-3H3. The Kier molecular flexibility index (Phi) is 6.22. The third-order valence-electron chi connectivity index (χ3n) is 3.02. The van der Waals surface area contributed by atoms with Crippen molar-refractivity contribution >= 4 is 5.97 Å². The highest BCUT2D eigenvalue weighted by Gasteiger charge is 2.17. The highest BCUT2D eigenvalue weighted by molar-refractivity contribution is 5.88. The van der Waals surface area contributed by atoms with E-state index in [1.54, 1.807) is 0 Å². The number of methoxy groups -OCH3 is 1. The van der Waals surface area contributed by atoms with E-state index in [-0.39, 0.29) is 5.97 Å². The van der Waals surface area contributed by atoms with Crippen LogP contribution >= 0.6 is 0 Å². The maximum atomic E-state index is 11.4. The summed E-state index contributed by atoms with van der Waals surface area (Å²) in [7, 11) is 3.46. The van der Waals surface area contributed by atoms with Crippen LogP contribution in [0.1, 0.15) is 26.2 Å². The van der Waals surface area contributed by atoms with Gasteiger partial charge in [0.05, 0.1) is 13.2 Å². The minimum Gasteiger partial charge on any atom is -0.466 e. The molecule has 0 radical (unpaired) electrons. The molecule has 4 nitrogen and oxygen atoms in total. The van der Waals surface area contributed by atoms with E-state index in [1.165, 1.54) is 7.11 Å². The number of carbonyl (C=O) groups is 1. The molecule has 0 saturated carbocycles. The molecule has 1 aliphatic rings. The Labute approximate surface area is 104 Å². The number of carbonyl (C=O) groups excluding carboxylic acids is 1. The van der Waals surface area contributed by atoms with Gasteiger partial charge in [-0.3, -0.25) is 0 Å². The van der Waals surface area contributed by atoms with Gasteiger partial charge in [-0.1, -0.05) is 13.0 Å². The largest absolute Gasteiger partial charge is 0.466 e. The van der Waals surface area contributed by atoms with Crippen molar-refractivity contribution in [3.63, 3.8) is 0 Å². The van der Waals surface area contributed by atoms with Crippen LogP contribution in [0.5, 0.6) is 0 Å². The highest BCUT2D eigenvalue weighted by Crippen LogP contribution is 2.13. The zero-order valence-electron chi connectivity index (χ0n) is 11.1. The fraction of sp³-hybridized carbons (Fsp3) is 0.769. The SMILES string of the molecule is CCC(=CCN(C)CC1CCCO1)C(=O)OC. The van der Waals surface area contributed by atoms with Crippen molar-refractivity contribution in [3.05, 3.63) is 11.6 Å². The second-order valence-corrected chi connectivity index (χ2v) is 4.43. The predicted octanol–water partition coefficient (Wildman–Crippen LogP) is 1.61. The average Bonchev–Trinajstić information content (AvgIpc) is 2.82. The quantitative estimate of drug-likeness (QED) is 0.523. The molecule has 0 N–H and O–H groups in total. The molecular weight excluding hydrogens is 218 g/mol. The lowest BCUT2D eigenvalue weighted by Gasteiger charge is -2.19. The van der Waals surface area contributed by atoms with Crippen LogP contribution in [0, 0.1) is 0 Å². The van der Waals surface area contributed by atoms with Gasteiger partial charge in [0.1, 0.15) is 0 Å². The molecule has 0 aromatic rings. The second kappa shape index (κ2) is 7.45. The maximum Gasteiger partial charge on any atom is 0.333 e. The van der Waals surface area contributed by atoms with Crippen LogP contribution in [0.15, 0.2) is 11.6 Å². The molecule has 1 heterocycles. The Morgan fingerprint density at radius 1 is 1.59 bits per heavy atom. The Balaban J connectivity index is 2.35. The first-order valence-corrected chi connectivity index (χ1v) is 6.24. The van der Waals surface area contributed by atoms with Crippen molar-refractivity contribution in [2.45, 2.75) is 32.3 Å². The van der Waals surface area contributed by atoms with Gasteiger partial charge in [0.25, 0.3) is 0 Å². The Hall–Kier alpha value is -0.870. The van der Waals surface area contributed by atoms with Crippen molar-refractivity contribution in [1.29, 1.82) is 0 Å². The van der Waals surface area contributed by atoms with Crippen LogP contribution in [0.25, 0.3) is 0 Å². The van der Waals surface area contributed by atoms with E-state index in [2.05, 4.69) is 4.90 Å². The summed E-state index contributed by atoms with van der Waals surface area (Å²) in [6.07, 6.45) is 5.32. The smallest absolute Gasteiger partial charge is 0.333 e. The summed E-state index contributed by atoms with van der Waals surface area (Å²) in [6.45, 7) is 4.53. The molecule has 0 spiro atoms. The van der Waals surface area contributed by atoms with E-state index in [0.717, 1.165) is 38.1 Å². The molecule has 1 unspecified atom stereocenters. The molecule has 4 heteroatoms. The van der Waals surface area contributed by atoms with Gasteiger partial charge in [-0.15, -0.1) is 0 Å². The summed E-state index contributed by atoms with van der Waals surface area (Å²) in [5.74, 6) is -0.224. The summed E-state index contributed by atoms with van der Waals surface area (Å²) < 4.78 is 10.3. The molecule has 1 fully saturated rings. The summed E-state index contributed by atoms with van der Waals surface area (Å²) in [4.78, 5) is 13.5. The van der Waals surface area contributed by atoms with Crippen molar-refractivity contribution in [1.82, 2.24) is 4.90 Å². The summed E-state index contributed by atoms with van der Waals surface area (Å²) in [6, 6.07) is 0. The number of rotatable bonds is 6. The van der Waals surface area contributed by atoms with Crippen molar-refractivity contribution in [2.75, 3.05) is 33.9 Å². The van der Waals surface area contributed by atoms with Crippen LogP contribution < -0.4 is 0 Å².